The Morgan fingerprint density at radius 1 is 1.13 bits per heavy atom. The smallest absolute Gasteiger partial charge is 0.254 e. The van der Waals surface area contributed by atoms with Gasteiger partial charge in [0.2, 0.25) is 5.95 Å². The fraction of sp³-hybridized carbons (Fsp3) is 0.250. The summed E-state index contributed by atoms with van der Waals surface area (Å²) in [5.74, 6) is 2.15. The van der Waals surface area contributed by atoms with E-state index in [4.69, 9.17) is 9.97 Å². The lowest BCUT2D eigenvalue weighted by Crippen LogP contribution is -2.49. The Kier molecular flexibility index (Phi) is 6.01. The monoisotopic (exact) mass is 456 g/mol. The van der Waals surface area contributed by atoms with Gasteiger partial charge in [-0.25, -0.2) is 4.98 Å². The summed E-state index contributed by atoms with van der Waals surface area (Å²) in [6, 6.07) is 7.42. The molecule has 0 aromatic carbocycles. The number of nitrogens with one attached hydrogen (secondary N) is 2. The number of hydrogen-bond donors (Lipinski definition) is 2. The fourth-order valence-electron chi connectivity index (χ4n) is 3.47. The maximum atomic E-state index is 12.7. The van der Waals surface area contributed by atoms with Crippen LogP contribution in [-0.2, 0) is 0 Å². The van der Waals surface area contributed by atoms with Crippen LogP contribution >= 0.6 is 23.7 Å². The number of fused-ring (bicyclic) bond motifs is 1. The molecule has 0 saturated carbocycles. The molecule has 0 radical (unpaired) electrons. The first-order chi connectivity index (χ1) is 14.7. The number of aryl methyl sites for hydroxylation is 1. The maximum Gasteiger partial charge on any atom is 0.254 e. The van der Waals surface area contributed by atoms with E-state index in [0.29, 0.717) is 37.7 Å². The molecule has 0 unspecified atom stereocenters. The second kappa shape index (κ2) is 8.86. The minimum atomic E-state index is 0. The molecule has 0 aliphatic carbocycles. The van der Waals surface area contributed by atoms with Crippen molar-refractivity contribution in [3.63, 3.8) is 0 Å². The van der Waals surface area contributed by atoms with E-state index in [2.05, 4.69) is 25.4 Å². The van der Waals surface area contributed by atoms with Crippen LogP contribution in [0.3, 0.4) is 0 Å². The maximum absolute atomic E-state index is 12.7. The number of thiophene rings is 1. The molecule has 4 aromatic heterocycles. The minimum absolute atomic E-state index is 0. The number of nitrogens with zero attached hydrogens (tertiary/aromatic N) is 6. The highest BCUT2D eigenvalue weighted by molar-refractivity contribution is 7.17. The average molecular weight is 457 g/mol. The molecule has 1 fully saturated rings. The summed E-state index contributed by atoms with van der Waals surface area (Å²) >= 11 is 1.60. The van der Waals surface area contributed by atoms with E-state index < -0.39 is 0 Å². The summed E-state index contributed by atoms with van der Waals surface area (Å²) in [7, 11) is 0. The second-order valence-electron chi connectivity index (χ2n) is 7.08. The zero-order chi connectivity index (χ0) is 20.5. The fourth-order valence-corrected chi connectivity index (χ4v) is 4.24. The van der Waals surface area contributed by atoms with Crippen LogP contribution in [0.4, 0.5) is 17.6 Å². The highest BCUT2D eigenvalue weighted by atomic mass is 35.5. The highest BCUT2D eigenvalue weighted by Crippen LogP contribution is 2.30. The number of carbonyl (C=O) groups excluding carboxylic acids is 1. The lowest BCUT2D eigenvalue weighted by Gasteiger charge is -2.34. The van der Waals surface area contributed by atoms with Crippen molar-refractivity contribution in [2.45, 2.75) is 6.92 Å². The summed E-state index contributed by atoms with van der Waals surface area (Å²) in [5.41, 5.74) is 2.54. The molecule has 11 heteroatoms. The van der Waals surface area contributed by atoms with Crippen molar-refractivity contribution in [3.8, 4) is 0 Å². The number of aromatic nitrogens is 5. The third kappa shape index (κ3) is 4.30. The summed E-state index contributed by atoms with van der Waals surface area (Å²) in [6.07, 6.45) is 3.28. The zero-order valence-corrected chi connectivity index (χ0v) is 18.4. The standard InChI is InChI=1S/C20H20N8OS.ClH/c1-13-12-16(26-25-13)23-18-17-15(4-11-30-17)22-20(24-18)28-9-7-27(8-10-28)19(29)14-2-5-21-6-3-14;/h2-6,11-12H,7-10H2,1H3,(H2,22,23,24,25,26);1H. The van der Waals surface area contributed by atoms with E-state index in [-0.39, 0.29) is 18.3 Å². The average Bonchev–Trinajstić information content (AvgIpc) is 3.43. The minimum Gasteiger partial charge on any atom is -0.337 e. The Morgan fingerprint density at radius 2 is 1.90 bits per heavy atom. The van der Waals surface area contributed by atoms with Crippen molar-refractivity contribution < 1.29 is 4.79 Å². The number of pyridine rings is 1. The van der Waals surface area contributed by atoms with Gasteiger partial charge >= 0.3 is 0 Å². The van der Waals surface area contributed by atoms with E-state index in [0.717, 1.165) is 27.5 Å². The molecule has 1 aliphatic rings. The van der Waals surface area contributed by atoms with Crippen LogP contribution in [0.2, 0.25) is 0 Å². The van der Waals surface area contributed by atoms with Crippen molar-refractivity contribution >= 4 is 57.5 Å². The van der Waals surface area contributed by atoms with Gasteiger partial charge in [0, 0.05) is 55.9 Å². The molecule has 9 nitrogen and oxygen atoms in total. The first kappa shape index (κ1) is 21.0. The van der Waals surface area contributed by atoms with Crippen LogP contribution in [0.1, 0.15) is 16.1 Å². The number of amides is 1. The van der Waals surface area contributed by atoms with Gasteiger partial charge in [0.05, 0.1) is 10.2 Å². The SMILES string of the molecule is Cc1cc(Nc2nc(N3CCN(C(=O)c4ccncc4)CC3)nc3ccsc23)n[nH]1.Cl. The topological polar surface area (TPSA) is 103 Å². The van der Waals surface area contributed by atoms with Gasteiger partial charge < -0.3 is 15.1 Å². The Balaban J connectivity index is 0.00000231. The van der Waals surface area contributed by atoms with Crippen LogP contribution in [0.25, 0.3) is 10.2 Å². The number of H-pyrrole nitrogens is 1. The third-order valence-electron chi connectivity index (χ3n) is 5.02. The zero-order valence-electron chi connectivity index (χ0n) is 16.8. The van der Waals surface area contributed by atoms with E-state index in [1.54, 1.807) is 35.9 Å². The molecular formula is C20H21ClN8OS. The molecule has 1 saturated heterocycles. The third-order valence-corrected chi connectivity index (χ3v) is 5.93. The predicted molar refractivity (Wildman–Crippen MR) is 124 cm³/mol. The predicted octanol–water partition coefficient (Wildman–Crippen LogP) is 3.25. The number of aromatic amines is 1. The van der Waals surface area contributed by atoms with Gasteiger partial charge in [-0.3, -0.25) is 14.9 Å². The van der Waals surface area contributed by atoms with Gasteiger partial charge in [0.1, 0.15) is 0 Å². The molecule has 160 valence electrons. The van der Waals surface area contributed by atoms with Crippen LogP contribution in [0.5, 0.6) is 0 Å². The van der Waals surface area contributed by atoms with Crippen molar-refractivity contribution in [3.05, 3.63) is 53.3 Å². The van der Waals surface area contributed by atoms with E-state index in [1.807, 2.05) is 29.3 Å². The van der Waals surface area contributed by atoms with Crippen LogP contribution < -0.4 is 10.2 Å². The van der Waals surface area contributed by atoms with Crippen molar-refractivity contribution in [2.24, 2.45) is 0 Å². The molecule has 0 bridgehead atoms. The Bertz CT molecular complexity index is 1190. The highest BCUT2D eigenvalue weighted by Gasteiger charge is 2.24. The summed E-state index contributed by atoms with van der Waals surface area (Å²) in [4.78, 5) is 30.1. The molecule has 5 rings (SSSR count). The Hall–Kier alpha value is -3.24. The Morgan fingerprint density at radius 3 is 2.61 bits per heavy atom. The number of piperazine rings is 1. The molecular weight excluding hydrogens is 436 g/mol. The van der Waals surface area contributed by atoms with Gasteiger partial charge in [0.15, 0.2) is 11.6 Å². The summed E-state index contributed by atoms with van der Waals surface area (Å²) < 4.78 is 0.992. The normalized spacial score (nSPS) is 13.8. The van der Waals surface area contributed by atoms with E-state index in [9.17, 15) is 4.79 Å². The quantitative estimate of drug-likeness (QED) is 0.485. The van der Waals surface area contributed by atoms with Crippen LogP contribution in [-0.4, -0.2) is 62.1 Å². The van der Waals surface area contributed by atoms with Crippen LogP contribution in [0, 0.1) is 6.92 Å². The number of rotatable bonds is 4. The molecule has 0 spiro atoms. The first-order valence-electron chi connectivity index (χ1n) is 9.66. The summed E-state index contributed by atoms with van der Waals surface area (Å²) in [6.45, 7) is 4.54. The number of carbonyl (C=O) groups is 1. The molecule has 2 N–H and O–H groups in total. The van der Waals surface area contributed by atoms with Crippen molar-refractivity contribution in [1.82, 2.24) is 30.0 Å². The molecule has 1 amide bonds. The molecule has 1 aliphatic heterocycles. The number of hydrogen-bond acceptors (Lipinski definition) is 8. The van der Waals surface area contributed by atoms with Crippen molar-refractivity contribution in [1.29, 1.82) is 0 Å². The summed E-state index contributed by atoms with van der Waals surface area (Å²) in [5, 5.41) is 12.5. The van der Waals surface area contributed by atoms with Gasteiger partial charge in [-0.1, -0.05) is 0 Å². The lowest BCUT2D eigenvalue weighted by molar-refractivity contribution is 0.0746. The lowest BCUT2D eigenvalue weighted by atomic mass is 10.2. The Labute approximate surface area is 188 Å². The van der Waals surface area contributed by atoms with E-state index in [1.165, 1.54) is 0 Å². The van der Waals surface area contributed by atoms with Gasteiger partial charge in [0.25, 0.3) is 5.91 Å². The van der Waals surface area contributed by atoms with Crippen LogP contribution in [0.15, 0.2) is 42.0 Å². The molecule has 4 aromatic rings. The van der Waals surface area contributed by atoms with Gasteiger partial charge in [-0.05, 0) is 30.5 Å². The van der Waals surface area contributed by atoms with Gasteiger partial charge in [-0.15, -0.1) is 23.7 Å². The molecule has 5 heterocycles. The second-order valence-corrected chi connectivity index (χ2v) is 8.00. The van der Waals surface area contributed by atoms with E-state index >= 15 is 0 Å². The number of halogens is 1. The number of anilines is 3. The molecule has 0 atom stereocenters. The molecule has 31 heavy (non-hydrogen) atoms. The van der Waals surface area contributed by atoms with Crippen molar-refractivity contribution in [2.75, 3.05) is 36.4 Å². The largest absolute Gasteiger partial charge is 0.337 e. The van der Waals surface area contributed by atoms with Gasteiger partial charge in [-0.2, -0.15) is 10.1 Å². The first-order valence-corrected chi connectivity index (χ1v) is 10.5.